The molecule has 4 aromatic carbocycles. The molecule has 0 spiro atoms. The molecule has 5 N–H and O–H groups in total. The largest absolute Gasteiger partial charge is 0.480 e. The molecule has 0 radical (unpaired) electrons. The molecule has 1 heterocycles. The molecule has 0 saturated heterocycles. The first-order valence-corrected chi connectivity index (χ1v) is 14.9. The minimum atomic E-state index is -1.40. The minimum Gasteiger partial charge on any atom is -0.480 e. The van der Waals surface area contributed by atoms with E-state index in [-0.39, 0.29) is 37.8 Å². The summed E-state index contributed by atoms with van der Waals surface area (Å²) in [5.74, 6) is -1.23. The lowest BCUT2D eigenvalue weighted by molar-refractivity contribution is -0.139. The van der Waals surface area contributed by atoms with Crippen molar-refractivity contribution in [3.05, 3.63) is 137 Å². The van der Waals surface area contributed by atoms with Gasteiger partial charge in [-0.15, -0.1) is 0 Å². The molecule has 12 heteroatoms. The number of aromatic amines is 1. The van der Waals surface area contributed by atoms with Gasteiger partial charge in [0.05, 0.1) is 17.6 Å². The highest BCUT2D eigenvalue weighted by molar-refractivity contribution is 5.94. The van der Waals surface area contributed by atoms with E-state index in [0.717, 1.165) is 27.7 Å². The van der Waals surface area contributed by atoms with Crippen molar-refractivity contribution in [1.29, 1.82) is 0 Å². The molecule has 12 nitrogen and oxygen atoms in total. The molecule has 47 heavy (non-hydrogen) atoms. The normalized spacial score (nSPS) is 11.3. The number of carboxylic acids is 1. The van der Waals surface area contributed by atoms with Gasteiger partial charge in [-0.25, -0.2) is 19.4 Å². The maximum absolute atomic E-state index is 13.3. The molecule has 0 unspecified atom stereocenters. The zero-order chi connectivity index (χ0) is 33.0. The summed E-state index contributed by atoms with van der Waals surface area (Å²) in [6.45, 7) is 0.419. The standard InChI is InChI=1S/C35H34N6O6/c42-32(36-20-30(33(43)44)40-35(46)47-23-26-11-5-2-6-12-26)27-17-15-25(16-18-27)21-41(34(45)37-19-24-9-3-1-4-10-24)22-31-38-28-13-7-8-14-29(28)39-31/h1-18,30H,19-23H2,(H,36,42)(H,37,45)(H,38,39)(H,40,46)(H,43,44)/t30-/m0/s1. The van der Waals surface area contributed by atoms with Gasteiger partial charge in [0, 0.05) is 25.2 Å². The summed E-state index contributed by atoms with van der Waals surface area (Å²) < 4.78 is 5.09. The first-order chi connectivity index (χ1) is 22.8. The average molecular weight is 635 g/mol. The van der Waals surface area contributed by atoms with Gasteiger partial charge in [0.1, 0.15) is 18.5 Å². The molecule has 0 fully saturated rings. The van der Waals surface area contributed by atoms with E-state index in [1.165, 1.54) is 0 Å². The Morgan fingerprint density at radius 3 is 2.11 bits per heavy atom. The number of carbonyl (C=O) groups excluding carboxylic acids is 3. The molecule has 0 aliphatic carbocycles. The zero-order valence-electron chi connectivity index (χ0n) is 25.4. The summed E-state index contributed by atoms with van der Waals surface area (Å²) in [6.07, 6.45) is -0.917. The van der Waals surface area contributed by atoms with E-state index in [4.69, 9.17) is 4.74 Å². The lowest BCUT2D eigenvalue weighted by Gasteiger charge is -2.22. The fraction of sp³-hybridized carbons (Fsp3) is 0.171. The lowest BCUT2D eigenvalue weighted by Crippen LogP contribution is -2.48. The van der Waals surface area contributed by atoms with Crippen molar-refractivity contribution in [2.24, 2.45) is 0 Å². The number of nitrogens with one attached hydrogen (secondary N) is 4. The number of fused-ring (bicyclic) bond motifs is 1. The third-order valence-corrected chi connectivity index (χ3v) is 7.21. The van der Waals surface area contributed by atoms with Crippen LogP contribution in [0.25, 0.3) is 11.0 Å². The van der Waals surface area contributed by atoms with Crippen molar-refractivity contribution in [2.45, 2.75) is 32.3 Å². The number of imidazole rings is 1. The van der Waals surface area contributed by atoms with Gasteiger partial charge in [-0.3, -0.25) is 4.79 Å². The van der Waals surface area contributed by atoms with Gasteiger partial charge in [0.25, 0.3) is 5.91 Å². The van der Waals surface area contributed by atoms with Crippen molar-refractivity contribution in [1.82, 2.24) is 30.8 Å². The summed E-state index contributed by atoms with van der Waals surface area (Å²) in [5.41, 5.74) is 4.42. The number of carboxylic acid groups (broad SMARTS) is 1. The number of aromatic nitrogens is 2. The van der Waals surface area contributed by atoms with E-state index in [0.29, 0.717) is 12.4 Å². The first kappa shape index (κ1) is 32.2. The molecular weight excluding hydrogens is 600 g/mol. The monoisotopic (exact) mass is 634 g/mol. The summed E-state index contributed by atoms with van der Waals surface area (Å²) in [4.78, 5) is 59.5. The number of H-pyrrole nitrogens is 1. The zero-order valence-corrected chi connectivity index (χ0v) is 25.4. The molecule has 240 valence electrons. The highest BCUT2D eigenvalue weighted by Crippen LogP contribution is 2.15. The van der Waals surface area contributed by atoms with Crippen LogP contribution in [-0.2, 0) is 35.8 Å². The second kappa shape index (κ2) is 15.7. The van der Waals surface area contributed by atoms with Crippen LogP contribution < -0.4 is 16.0 Å². The maximum atomic E-state index is 13.3. The quantitative estimate of drug-likeness (QED) is 0.126. The van der Waals surface area contributed by atoms with Crippen LogP contribution in [0.3, 0.4) is 0 Å². The summed E-state index contributed by atoms with van der Waals surface area (Å²) >= 11 is 0. The molecule has 0 saturated carbocycles. The molecule has 5 aromatic rings. The lowest BCUT2D eigenvalue weighted by atomic mass is 10.1. The van der Waals surface area contributed by atoms with Gasteiger partial charge < -0.3 is 35.7 Å². The Hall–Kier alpha value is -6.17. The Kier molecular flexibility index (Phi) is 10.8. The van der Waals surface area contributed by atoms with E-state index in [1.807, 2.05) is 60.7 Å². The van der Waals surface area contributed by atoms with Crippen molar-refractivity contribution in [3.63, 3.8) is 0 Å². The number of carbonyl (C=O) groups is 4. The highest BCUT2D eigenvalue weighted by atomic mass is 16.5. The van der Waals surface area contributed by atoms with Crippen LogP contribution in [0.1, 0.15) is 32.9 Å². The number of amides is 4. The number of para-hydroxylation sites is 2. The van der Waals surface area contributed by atoms with Gasteiger partial charge >= 0.3 is 18.1 Å². The van der Waals surface area contributed by atoms with E-state index in [2.05, 4.69) is 25.9 Å². The van der Waals surface area contributed by atoms with E-state index in [9.17, 15) is 24.3 Å². The number of alkyl carbamates (subject to hydrolysis) is 1. The van der Waals surface area contributed by atoms with Crippen molar-refractivity contribution in [2.75, 3.05) is 6.54 Å². The average Bonchev–Trinajstić information content (AvgIpc) is 3.51. The van der Waals surface area contributed by atoms with Crippen LogP contribution in [0.15, 0.2) is 109 Å². The number of hydrogen-bond donors (Lipinski definition) is 5. The number of aliphatic carboxylic acids is 1. The number of urea groups is 1. The molecule has 0 aliphatic heterocycles. The highest BCUT2D eigenvalue weighted by Gasteiger charge is 2.22. The third kappa shape index (κ3) is 9.41. The number of hydrogen-bond acceptors (Lipinski definition) is 6. The molecule has 4 amide bonds. The second-order valence-corrected chi connectivity index (χ2v) is 10.7. The SMILES string of the molecule is O=C(N[C@@H](CNC(=O)c1ccc(CN(Cc2nc3ccccc3[nH]2)C(=O)NCc2ccccc2)cc1)C(=O)O)OCc1ccccc1. The first-order valence-electron chi connectivity index (χ1n) is 14.9. The molecule has 1 aromatic heterocycles. The Labute approximate surface area is 270 Å². The Morgan fingerprint density at radius 2 is 1.43 bits per heavy atom. The van der Waals surface area contributed by atoms with Crippen LogP contribution in [0.5, 0.6) is 0 Å². The molecule has 5 rings (SSSR count). The molecule has 0 aliphatic rings. The van der Waals surface area contributed by atoms with Crippen molar-refractivity contribution >= 4 is 35.0 Å². The Morgan fingerprint density at radius 1 is 0.766 bits per heavy atom. The van der Waals surface area contributed by atoms with E-state index < -0.39 is 24.0 Å². The van der Waals surface area contributed by atoms with E-state index >= 15 is 0 Å². The van der Waals surface area contributed by atoms with E-state index in [1.54, 1.807) is 53.4 Å². The molecule has 0 bridgehead atoms. The second-order valence-electron chi connectivity index (χ2n) is 10.7. The van der Waals surface area contributed by atoms with Gasteiger partial charge in [-0.2, -0.15) is 0 Å². The van der Waals surface area contributed by atoms with Crippen LogP contribution in [0.2, 0.25) is 0 Å². The fourth-order valence-electron chi connectivity index (χ4n) is 4.73. The van der Waals surface area contributed by atoms with Gasteiger partial charge in [-0.05, 0) is 41.0 Å². The summed E-state index contributed by atoms with van der Waals surface area (Å²) in [6, 6.07) is 31.1. The number of ether oxygens (including phenoxy) is 1. The minimum absolute atomic E-state index is 0.0257. The van der Waals surface area contributed by atoms with Crippen LogP contribution in [0, 0.1) is 0 Å². The predicted molar refractivity (Wildman–Crippen MR) is 174 cm³/mol. The topological polar surface area (TPSA) is 166 Å². The van der Waals surface area contributed by atoms with Crippen LogP contribution in [0.4, 0.5) is 9.59 Å². The van der Waals surface area contributed by atoms with Crippen molar-refractivity contribution < 1.29 is 29.0 Å². The summed E-state index contributed by atoms with van der Waals surface area (Å²) in [5, 5.41) is 17.3. The van der Waals surface area contributed by atoms with Crippen LogP contribution in [-0.4, -0.2) is 56.6 Å². The Bertz CT molecular complexity index is 1780. The fourth-order valence-corrected chi connectivity index (χ4v) is 4.73. The van der Waals surface area contributed by atoms with Gasteiger partial charge in [0.15, 0.2) is 0 Å². The number of benzene rings is 4. The number of nitrogens with zero attached hydrogens (tertiary/aromatic N) is 2. The maximum Gasteiger partial charge on any atom is 0.408 e. The molecular formula is C35H34N6O6. The van der Waals surface area contributed by atoms with Gasteiger partial charge in [-0.1, -0.05) is 84.9 Å². The number of rotatable bonds is 13. The van der Waals surface area contributed by atoms with Crippen molar-refractivity contribution in [3.8, 4) is 0 Å². The predicted octanol–water partition coefficient (Wildman–Crippen LogP) is 4.58. The van der Waals surface area contributed by atoms with Gasteiger partial charge in [0.2, 0.25) is 0 Å². The van der Waals surface area contributed by atoms with Crippen LogP contribution >= 0.6 is 0 Å². The molecule has 1 atom stereocenters. The smallest absolute Gasteiger partial charge is 0.408 e. The third-order valence-electron chi connectivity index (χ3n) is 7.21. The Balaban J connectivity index is 1.18. The summed E-state index contributed by atoms with van der Waals surface area (Å²) in [7, 11) is 0.